The number of carboxylic acid groups (broad SMARTS) is 1. The highest BCUT2D eigenvalue weighted by Crippen LogP contribution is 2.21. The van der Waals surface area contributed by atoms with Crippen molar-refractivity contribution in [3.8, 4) is 0 Å². The van der Waals surface area contributed by atoms with Gasteiger partial charge in [0.15, 0.2) is 0 Å². The average molecular weight is 375 g/mol. The van der Waals surface area contributed by atoms with Crippen molar-refractivity contribution in [1.29, 1.82) is 0 Å². The first-order valence-electron chi connectivity index (χ1n) is 7.94. The average Bonchev–Trinajstić information content (AvgIpc) is 2.53. The monoisotopic (exact) mass is 374 g/mol. The number of nitrogens with zero attached hydrogens (tertiary/aromatic N) is 2. The van der Waals surface area contributed by atoms with Crippen LogP contribution in [0.15, 0.2) is 29.2 Å². The van der Waals surface area contributed by atoms with Crippen LogP contribution < -0.4 is 0 Å². The molecule has 0 aromatic heterocycles. The summed E-state index contributed by atoms with van der Waals surface area (Å²) in [5.41, 5.74) is 0. The maximum Gasteiger partial charge on any atom is 0.320 e. The molecule has 0 spiro atoms. The van der Waals surface area contributed by atoms with Crippen LogP contribution in [0.5, 0.6) is 0 Å². The van der Waals surface area contributed by atoms with Crippen LogP contribution >= 0.6 is 11.6 Å². The van der Waals surface area contributed by atoms with Gasteiger partial charge in [-0.25, -0.2) is 8.42 Å². The number of halogens is 1. The van der Waals surface area contributed by atoms with Gasteiger partial charge >= 0.3 is 5.97 Å². The Kier molecular flexibility index (Phi) is 6.25. The van der Waals surface area contributed by atoms with E-state index in [0.717, 1.165) is 0 Å². The molecule has 0 radical (unpaired) electrons. The Morgan fingerprint density at radius 2 is 1.71 bits per heavy atom. The van der Waals surface area contributed by atoms with Crippen molar-refractivity contribution in [1.82, 2.24) is 9.21 Å². The summed E-state index contributed by atoms with van der Waals surface area (Å²) in [6, 6.07) is 5.51. The van der Waals surface area contributed by atoms with E-state index in [-0.39, 0.29) is 23.9 Å². The van der Waals surface area contributed by atoms with Gasteiger partial charge in [-0.3, -0.25) is 9.69 Å². The van der Waals surface area contributed by atoms with E-state index in [9.17, 15) is 18.3 Å². The fraction of sp³-hybridized carbons (Fsp3) is 0.562. The largest absolute Gasteiger partial charge is 0.480 e. The molecule has 1 aliphatic rings. The van der Waals surface area contributed by atoms with Crippen LogP contribution in [0.25, 0.3) is 0 Å². The number of carboxylic acids is 1. The van der Waals surface area contributed by atoms with E-state index in [1.807, 2.05) is 18.7 Å². The summed E-state index contributed by atoms with van der Waals surface area (Å²) in [7, 11) is -3.57. The second-order valence-corrected chi connectivity index (χ2v) is 8.75. The molecule has 134 valence electrons. The van der Waals surface area contributed by atoms with Crippen LogP contribution in [-0.4, -0.2) is 60.9 Å². The minimum Gasteiger partial charge on any atom is -0.480 e. The minimum absolute atomic E-state index is 0.206. The Bertz CT molecular complexity index is 668. The summed E-state index contributed by atoms with van der Waals surface area (Å²) in [6.07, 6.45) is 0.555. The molecule has 0 saturated carbocycles. The molecule has 0 amide bonds. The van der Waals surface area contributed by atoms with Crippen LogP contribution in [0.3, 0.4) is 0 Å². The van der Waals surface area contributed by atoms with Crippen LogP contribution in [-0.2, 0) is 14.8 Å². The molecule has 0 aliphatic carbocycles. The van der Waals surface area contributed by atoms with E-state index in [0.29, 0.717) is 24.5 Å². The second kappa shape index (κ2) is 7.82. The lowest BCUT2D eigenvalue weighted by Gasteiger charge is -2.37. The molecule has 8 heteroatoms. The van der Waals surface area contributed by atoms with Gasteiger partial charge in [-0.15, -0.1) is 0 Å². The van der Waals surface area contributed by atoms with Gasteiger partial charge < -0.3 is 5.11 Å². The molecule has 1 saturated heterocycles. The lowest BCUT2D eigenvalue weighted by molar-refractivity contribution is -0.144. The van der Waals surface area contributed by atoms with Gasteiger partial charge in [0.2, 0.25) is 10.0 Å². The summed E-state index contributed by atoms with van der Waals surface area (Å²) in [6.45, 7) is 5.36. The predicted molar refractivity (Wildman–Crippen MR) is 92.7 cm³/mol. The molecule has 1 aromatic carbocycles. The zero-order valence-corrected chi connectivity index (χ0v) is 15.4. The molecule has 1 heterocycles. The molecule has 2 rings (SSSR count). The Balaban J connectivity index is 2.06. The van der Waals surface area contributed by atoms with E-state index in [4.69, 9.17) is 11.6 Å². The molecule has 1 aliphatic heterocycles. The van der Waals surface area contributed by atoms with Crippen LogP contribution in [0.4, 0.5) is 0 Å². The van der Waals surface area contributed by atoms with Gasteiger partial charge in [0.05, 0.1) is 4.90 Å². The Hall–Kier alpha value is -1.15. The van der Waals surface area contributed by atoms with Gasteiger partial charge in [-0.2, -0.15) is 4.31 Å². The van der Waals surface area contributed by atoms with Crippen molar-refractivity contribution < 1.29 is 18.3 Å². The molecule has 1 fully saturated rings. The van der Waals surface area contributed by atoms with Gasteiger partial charge in [-0.05, 0) is 36.6 Å². The standard InChI is InChI=1S/C16H23ClN2O4S/c1-12(2)11-15(16(20)21)18-7-9-19(10-8-18)24(22,23)14-5-3-13(17)4-6-14/h3-6,12,15H,7-11H2,1-2H3,(H,20,21). The Morgan fingerprint density at radius 1 is 1.17 bits per heavy atom. The molecule has 24 heavy (non-hydrogen) atoms. The van der Waals surface area contributed by atoms with Crippen LogP contribution in [0.2, 0.25) is 5.02 Å². The van der Waals surface area contributed by atoms with E-state index in [1.54, 1.807) is 12.1 Å². The molecule has 6 nitrogen and oxygen atoms in total. The highest BCUT2D eigenvalue weighted by atomic mass is 35.5. The quantitative estimate of drug-likeness (QED) is 0.825. The van der Waals surface area contributed by atoms with Gasteiger partial charge in [-0.1, -0.05) is 25.4 Å². The third kappa shape index (κ3) is 4.47. The second-order valence-electron chi connectivity index (χ2n) is 6.38. The van der Waals surface area contributed by atoms with Crippen LogP contribution in [0, 0.1) is 5.92 Å². The maximum atomic E-state index is 12.6. The lowest BCUT2D eigenvalue weighted by atomic mass is 10.0. The summed E-state index contributed by atoms with van der Waals surface area (Å²) in [4.78, 5) is 13.5. The van der Waals surface area contributed by atoms with Gasteiger partial charge in [0.1, 0.15) is 6.04 Å². The van der Waals surface area contributed by atoms with E-state index in [2.05, 4.69) is 0 Å². The molecular formula is C16H23ClN2O4S. The fourth-order valence-corrected chi connectivity index (χ4v) is 4.41. The third-order valence-electron chi connectivity index (χ3n) is 4.15. The molecular weight excluding hydrogens is 352 g/mol. The van der Waals surface area contributed by atoms with Crippen molar-refractivity contribution in [3.63, 3.8) is 0 Å². The topological polar surface area (TPSA) is 77.9 Å². The predicted octanol–water partition coefficient (Wildman–Crippen LogP) is 2.15. The molecule has 0 bridgehead atoms. The Labute approximate surface area is 148 Å². The SMILES string of the molecule is CC(C)CC(C(=O)O)N1CCN(S(=O)(=O)c2ccc(Cl)cc2)CC1. The van der Waals surface area contributed by atoms with E-state index < -0.39 is 22.0 Å². The summed E-state index contributed by atoms with van der Waals surface area (Å²) in [5, 5.41) is 9.90. The Morgan fingerprint density at radius 3 is 2.17 bits per heavy atom. The number of carbonyl (C=O) groups is 1. The first-order chi connectivity index (χ1) is 11.2. The number of hydrogen-bond donors (Lipinski definition) is 1. The van der Waals surface area contributed by atoms with Crippen molar-refractivity contribution in [2.45, 2.75) is 31.2 Å². The molecule has 1 unspecified atom stereocenters. The van der Waals surface area contributed by atoms with Gasteiger partial charge in [0.25, 0.3) is 0 Å². The number of benzene rings is 1. The molecule has 1 atom stereocenters. The number of piperazine rings is 1. The maximum absolute atomic E-state index is 12.6. The summed E-state index contributed by atoms with van der Waals surface area (Å²) in [5.74, 6) is -0.584. The van der Waals surface area contributed by atoms with Crippen molar-refractivity contribution in [2.24, 2.45) is 5.92 Å². The fourth-order valence-electron chi connectivity index (χ4n) is 2.86. The first kappa shape index (κ1) is 19.2. The van der Waals surface area contributed by atoms with E-state index in [1.165, 1.54) is 16.4 Å². The number of rotatable bonds is 6. The third-order valence-corrected chi connectivity index (χ3v) is 6.31. The highest BCUT2D eigenvalue weighted by molar-refractivity contribution is 7.89. The van der Waals surface area contributed by atoms with E-state index >= 15 is 0 Å². The van der Waals surface area contributed by atoms with Crippen molar-refractivity contribution >= 4 is 27.6 Å². The van der Waals surface area contributed by atoms with Crippen LogP contribution in [0.1, 0.15) is 20.3 Å². The minimum atomic E-state index is -3.57. The highest BCUT2D eigenvalue weighted by Gasteiger charge is 2.33. The van der Waals surface area contributed by atoms with Crippen molar-refractivity contribution in [2.75, 3.05) is 26.2 Å². The molecule has 1 N–H and O–H groups in total. The number of hydrogen-bond acceptors (Lipinski definition) is 4. The summed E-state index contributed by atoms with van der Waals surface area (Å²) >= 11 is 5.80. The normalized spacial score (nSPS) is 18.7. The zero-order valence-electron chi connectivity index (χ0n) is 13.9. The smallest absolute Gasteiger partial charge is 0.320 e. The van der Waals surface area contributed by atoms with Gasteiger partial charge in [0, 0.05) is 31.2 Å². The first-order valence-corrected chi connectivity index (χ1v) is 9.76. The number of aliphatic carboxylic acids is 1. The van der Waals surface area contributed by atoms with Crippen molar-refractivity contribution in [3.05, 3.63) is 29.3 Å². The summed E-state index contributed by atoms with van der Waals surface area (Å²) < 4.78 is 26.7. The lowest BCUT2D eigenvalue weighted by Crippen LogP contribution is -2.54. The molecule has 1 aromatic rings. The zero-order chi connectivity index (χ0) is 17.9. The number of sulfonamides is 1.